The number of amides is 1. The van der Waals surface area contributed by atoms with Crippen LogP contribution in [0.15, 0.2) is 0 Å². The van der Waals surface area contributed by atoms with Crippen LogP contribution in [0.1, 0.15) is 13.3 Å². The molecule has 13 N–H and O–H groups in total. The largest absolute Gasteiger partial charge is 0.477 e. The van der Waals surface area contributed by atoms with Crippen molar-refractivity contribution >= 4 is 11.9 Å². The lowest BCUT2D eigenvalue weighted by Gasteiger charge is -2.48. The highest BCUT2D eigenvalue weighted by Gasteiger charge is 2.57. The van der Waals surface area contributed by atoms with Gasteiger partial charge in [-0.1, -0.05) is 0 Å². The molecule has 0 unspecified atom stereocenters. The van der Waals surface area contributed by atoms with Crippen molar-refractivity contribution in [3.05, 3.63) is 0 Å². The van der Waals surface area contributed by atoms with Crippen molar-refractivity contribution in [2.75, 3.05) is 19.8 Å². The summed E-state index contributed by atoms with van der Waals surface area (Å²) in [7, 11) is 0. The van der Waals surface area contributed by atoms with Gasteiger partial charge >= 0.3 is 5.97 Å². The summed E-state index contributed by atoms with van der Waals surface area (Å²) < 4.78 is 26.7. The molecule has 16 atom stereocenters. The summed E-state index contributed by atoms with van der Waals surface area (Å²) in [6, 6.07) is -1.48. The fourth-order valence-corrected chi connectivity index (χ4v) is 5.05. The summed E-state index contributed by atoms with van der Waals surface area (Å²) >= 11 is 0. The molecule has 3 aliphatic heterocycles. The molecular formula is C23H39NO19. The van der Waals surface area contributed by atoms with E-state index in [1.54, 1.807) is 0 Å². The van der Waals surface area contributed by atoms with E-state index in [4.69, 9.17) is 23.7 Å². The van der Waals surface area contributed by atoms with E-state index in [9.17, 15) is 70.9 Å². The first-order valence-electron chi connectivity index (χ1n) is 13.2. The second-order valence-electron chi connectivity index (χ2n) is 10.5. The van der Waals surface area contributed by atoms with Gasteiger partial charge in [0.15, 0.2) is 12.6 Å². The zero-order valence-electron chi connectivity index (χ0n) is 22.7. The summed E-state index contributed by atoms with van der Waals surface area (Å²) in [6.07, 6.45) is -27.0. The lowest BCUT2D eigenvalue weighted by molar-refractivity contribution is -0.364. The molecule has 0 aromatic carbocycles. The van der Waals surface area contributed by atoms with E-state index >= 15 is 0 Å². The Hall–Kier alpha value is -1.70. The lowest BCUT2D eigenvalue weighted by atomic mass is 9.88. The maximum Gasteiger partial charge on any atom is 0.364 e. The number of aliphatic hydroxyl groups is 11. The normalized spacial score (nSPS) is 45.3. The number of aliphatic hydroxyl groups excluding tert-OH is 11. The molecule has 43 heavy (non-hydrogen) atoms. The Balaban J connectivity index is 1.82. The van der Waals surface area contributed by atoms with Gasteiger partial charge in [0.2, 0.25) is 5.91 Å². The van der Waals surface area contributed by atoms with Crippen LogP contribution in [0.25, 0.3) is 0 Å². The highest BCUT2D eigenvalue weighted by Crippen LogP contribution is 2.35. The smallest absolute Gasteiger partial charge is 0.364 e. The Kier molecular flexibility index (Phi) is 12.1. The van der Waals surface area contributed by atoms with Gasteiger partial charge in [0.25, 0.3) is 5.79 Å². The molecule has 3 saturated heterocycles. The number of carbonyl (C=O) groups excluding carboxylic acids is 1. The van der Waals surface area contributed by atoms with E-state index in [0.717, 1.165) is 6.92 Å². The highest BCUT2D eigenvalue weighted by atomic mass is 16.8. The number of carboxylic acid groups (broad SMARTS) is 1. The number of hydrogen-bond acceptors (Lipinski definition) is 18. The molecular weight excluding hydrogens is 594 g/mol. The van der Waals surface area contributed by atoms with Gasteiger partial charge in [0.05, 0.1) is 32.0 Å². The molecule has 0 spiro atoms. The molecule has 0 saturated carbocycles. The van der Waals surface area contributed by atoms with Crippen LogP contribution in [0.5, 0.6) is 0 Å². The standard InChI is InChI=1S/C23H39NO19/c1-6(27)24-11-7(28)2-23(22(37)38,43-19(11)12(30)8(29)3-25)39-5-10-13(31)14(32)17(35)21(41-10)42-18-9(4-26)40-20(36)16(34)15(18)33/h7-21,25-26,28-36H,2-5H2,1H3,(H,24,27)(H,37,38)/t7-,8+,9+,10+,11+,12+,13-,14-,15+,16+,17+,18+,19+,20+,21+,23+/m0/s1. The fourth-order valence-electron chi connectivity index (χ4n) is 5.05. The quantitative estimate of drug-likeness (QED) is 0.100. The second kappa shape index (κ2) is 14.6. The van der Waals surface area contributed by atoms with Crippen LogP contribution < -0.4 is 5.32 Å². The van der Waals surface area contributed by atoms with Crippen LogP contribution in [0.2, 0.25) is 0 Å². The van der Waals surface area contributed by atoms with E-state index in [0.29, 0.717) is 0 Å². The van der Waals surface area contributed by atoms with Crippen molar-refractivity contribution in [1.29, 1.82) is 0 Å². The van der Waals surface area contributed by atoms with Crippen molar-refractivity contribution in [3.63, 3.8) is 0 Å². The van der Waals surface area contributed by atoms with Gasteiger partial charge in [-0.25, -0.2) is 4.79 Å². The third kappa shape index (κ3) is 7.58. The summed E-state index contributed by atoms with van der Waals surface area (Å²) in [5.74, 6) is -5.42. The molecule has 3 heterocycles. The van der Waals surface area contributed by atoms with Crippen LogP contribution in [0, 0.1) is 0 Å². The van der Waals surface area contributed by atoms with Gasteiger partial charge < -0.3 is 90.3 Å². The highest BCUT2D eigenvalue weighted by molar-refractivity contribution is 5.76. The summed E-state index contributed by atoms with van der Waals surface area (Å²) in [4.78, 5) is 24.0. The molecule has 0 bridgehead atoms. The topological polar surface area (TPSA) is 335 Å². The number of nitrogens with one attached hydrogen (secondary N) is 1. The monoisotopic (exact) mass is 633 g/mol. The second-order valence-corrected chi connectivity index (χ2v) is 10.5. The molecule has 3 aliphatic rings. The number of hydrogen-bond donors (Lipinski definition) is 13. The van der Waals surface area contributed by atoms with Crippen molar-refractivity contribution < 1.29 is 94.6 Å². The predicted octanol–water partition coefficient (Wildman–Crippen LogP) is -8.22. The third-order valence-corrected chi connectivity index (χ3v) is 7.47. The van der Waals surface area contributed by atoms with E-state index in [1.807, 2.05) is 0 Å². The maximum absolute atomic E-state index is 12.3. The third-order valence-electron chi connectivity index (χ3n) is 7.47. The summed E-state index contributed by atoms with van der Waals surface area (Å²) in [5.41, 5.74) is 0. The molecule has 0 aromatic heterocycles. The lowest BCUT2D eigenvalue weighted by Crippen LogP contribution is -2.68. The first kappa shape index (κ1) is 35.8. The fraction of sp³-hybridized carbons (Fsp3) is 0.913. The van der Waals surface area contributed by atoms with E-state index < -0.39 is 136 Å². The van der Waals surface area contributed by atoms with Gasteiger partial charge in [-0.15, -0.1) is 0 Å². The van der Waals surface area contributed by atoms with Crippen molar-refractivity contribution in [2.45, 2.75) is 111 Å². The minimum absolute atomic E-state index is 0.719. The van der Waals surface area contributed by atoms with Crippen LogP contribution in [0.3, 0.4) is 0 Å². The van der Waals surface area contributed by atoms with Crippen molar-refractivity contribution in [2.24, 2.45) is 0 Å². The first-order chi connectivity index (χ1) is 20.1. The zero-order chi connectivity index (χ0) is 32.4. The number of rotatable bonds is 11. The van der Waals surface area contributed by atoms with Gasteiger partial charge in [-0.2, -0.15) is 0 Å². The minimum atomic E-state index is -2.83. The van der Waals surface area contributed by atoms with Crippen LogP contribution in [0.4, 0.5) is 0 Å². The average molecular weight is 634 g/mol. The van der Waals surface area contributed by atoms with Crippen molar-refractivity contribution in [3.8, 4) is 0 Å². The van der Waals surface area contributed by atoms with Crippen LogP contribution >= 0.6 is 0 Å². The van der Waals surface area contributed by atoms with E-state index in [2.05, 4.69) is 5.32 Å². The molecule has 20 heteroatoms. The molecule has 3 fully saturated rings. The number of aliphatic carboxylic acids is 1. The molecule has 1 amide bonds. The maximum atomic E-state index is 12.3. The molecule has 20 nitrogen and oxygen atoms in total. The van der Waals surface area contributed by atoms with E-state index in [-0.39, 0.29) is 0 Å². The Morgan fingerprint density at radius 3 is 2.14 bits per heavy atom. The predicted molar refractivity (Wildman–Crippen MR) is 130 cm³/mol. The zero-order valence-corrected chi connectivity index (χ0v) is 22.7. The number of ether oxygens (including phenoxy) is 5. The van der Waals surface area contributed by atoms with Gasteiger partial charge in [0.1, 0.15) is 67.1 Å². The molecule has 0 radical (unpaired) electrons. The molecule has 0 aliphatic carbocycles. The number of carboxylic acids is 1. The Morgan fingerprint density at radius 1 is 0.930 bits per heavy atom. The molecule has 3 rings (SSSR count). The minimum Gasteiger partial charge on any atom is -0.477 e. The molecule has 0 aromatic rings. The van der Waals surface area contributed by atoms with E-state index in [1.165, 1.54) is 0 Å². The van der Waals surface area contributed by atoms with Gasteiger partial charge in [-0.05, 0) is 0 Å². The van der Waals surface area contributed by atoms with Gasteiger partial charge in [0, 0.05) is 13.3 Å². The van der Waals surface area contributed by atoms with Crippen molar-refractivity contribution in [1.82, 2.24) is 5.32 Å². The SMILES string of the molecule is CC(=O)N[C@H]1[C@H]([C@H](O)[C@H](O)CO)O[C@@](OC[C@H]2O[C@H](O[C@H]3[C@H](O)[C@@H](O)[C@H](O)O[C@@H]3CO)[C@H](O)[C@@H](O)[C@H]2O)(C(=O)O)C[C@@H]1O. The number of carbonyl (C=O) groups is 2. The first-order valence-corrected chi connectivity index (χ1v) is 13.2. The Morgan fingerprint density at radius 2 is 1.58 bits per heavy atom. The van der Waals surface area contributed by atoms with Gasteiger partial charge in [-0.3, -0.25) is 4.79 Å². The molecule has 250 valence electrons. The summed E-state index contributed by atoms with van der Waals surface area (Å²) in [6.45, 7) is -1.76. The summed E-state index contributed by atoms with van der Waals surface area (Å²) in [5, 5.41) is 123. The average Bonchev–Trinajstić information content (AvgIpc) is 2.96. The van der Waals surface area contributed by atoms with Crippen LogP contribution in [-0.2, 0) is 33.3 Å². The Bertz CT molecular complexity index is 942. The van der Waals surface area contributed by atoms with Crippen LogP contribution in [-0.4, -0.2) is 191 Å². The Labute approximate surface area is 243 Å².